The summed E-state index contributed by atoms with van der Waals surface area (Å²) in [7, 11) is -4.64. The summed E-state index contributed by atoms with van der Waals surface area (Å²) in [5.74, 6) is -2.05. The molecule has 1 aromatic carbocycles. The Hall–Kier alpha value is -2.19. The molecule has 0 radical (unpaired) electrons. The summed E-state index contributed by atoms with van der Waals surface area (Å²) in [4.78, 5) is 48.0. The molecule has 0 aliphatic carbocycles. The number of urea groups is 1. The molecule has 2 aliphatic rings. The van der Waals surface area contributed by atoms with Crippen LogP contribution >= 0.6 is 0 Å². The van der Waals surface area contributed by atoms with Crippen LogP contribution in [0.4, 0.5) is 10.5 Å². The number of nitrogens with zero attached hydrogens (tertiary/aromatic N) is 2. The molecule has 2 atom stereocenters. The van der Waals surface area contributed by atoms with Gasteiger partial charge in [0.25, 0.3) is 11.8 Å². The normalized spacial score (nSPS) is 20.2. The van der Waals surface area contributed by atoms with Gasteiger partial charge in [0.1, 0.15) is 6.04 Å². The molecule has 152 valence electrons. The number of amides is 5. The minimum absolute atomic E-state index is 0. The summed E-state index contributed by atoms with van der Waals surface area (Å²) >= 11 is 0. The van der Waals surface area contributed by atoms with Crippen molar-refractivity contribution in [3.63, 3.8) is 0 Å². The molecule has 2 fully saturated rings. The third kappa shape index (κ3) is 4.70. The quantitative estimate of drug-likeness (QED) is 0.232. The molecule has 3 rings (SSSR count). The van der Waals surface area contributed by atoms with E-state index in [2.05, 4.69) is 10.6 Å². The molecular weight excluding hydrogens is 417 g/mol. The van der Waals surface area contributed by atoms with Crippen LogP contribution in [-0.4, -0.2) is 101 Å². The van der Waals surface area contributed by atoms with E-state index in [0.717, 1.165) is 0 Å². The number of fused-ring (bicyclic) bond motifs is 1. The van der Waals surface area contributed by atoms with Gasteiger partial charge >= 0.3 is 45.9 Å². The van der Waals surface area contributed by atoms with Crippen molar-refractivity contribution in [2.45, 2.75) is 18.5 Å². The summed E-state index contributed by atoms with van der Waals surface area (Å²) in [5.41, 5.74) is 5.54. The van der Waals surface area contributed by atoms with Crippen LogP contribution in [0.2, 0.25) is 0 Å². The first-order chi connectivity index (χ1) is 13.1. The molecule has 14 heteroatoms. The fourth-order valence-corrected chi connectivity index (χ4v) is 4.11. The zero-order valence-corrected chi connectivity index (χ0v) is 15.2. The van der Waals surface area contributed by atoms with Crippen molar-refractivity contribution in [3.05, 3.63) is 29.8 Å². The summed E-state index contributed by atoms with van der Waals surface area (Å²) in [5, 5.41) is 4.88. The summed E-state index contributed by atoms with van der Waals surface area (Å²) in [6.07, 6.45) is 0.225. The Morgan fingerprint density at radius 2 is 1.83 bits per heavy atom. The maximum absolute atomic E-state index is 12.4. The molecule has 1 aromatic rings. The Bertz CT molecular complexity index is 952. The van der Waals surface area contributed by atoms with E-state index in [1.165, 1.54) is 29.2 Å². The number of β-lactam (4-membered cyclic amide) rings is 1. The van der Waals surface area contributed by atoms with Crippen molar-refractivity contribution in [1.82, 2.24) is 14.5 Å². The van der Waals surface area contributed by atoms with Gasteiger partial charge in [0, 0.05) is 17.8 Å². The number of nitrogens with one attached hydrogen (secondary N) is 2. The molecule has 2 heterocycles. The van der Waals surface area contributed by atoms with Crippen molar-refractivity contribution < 1.29 is 32.1 Å². The van der Waals surface area contributed by atoms with Crippen LogP contribution < -0.4 is 16.4 Å². The Kier molecular flexibility index (Phi) is 6.90. The van der Waals surface area contributed by atoms with E-state index in [4.69, 9.17) is 10.3 Å². The van der Waals surface area contributed by atoms with Crippen molar-refractivity contribution in [3.8, 4) is 0 Å². The van der Waals surface area contributed by atoms with E-state index in [0.29, 0.717) is 9.99 Å². The van der Waals surface area contributed by atoms with Crippen molar-refractivity contribution in [1.29, 1.82) is 0 Å². The molecule has 29 heavy (non-hydrogen) atoms. The second kappa shape index (κ2) is 8.67. The van der Waals surface area contributed by atoms with Gasteiger partial charge in [-0.3, -0.25) is 18.9 Å². The van der Waals surface area contributed by atoms with Crippen molar-refractivity contribution >= 4 is 69.3 Å². The van der Waals surface area contributed by atoms with E-state index in [1.807, 2.05) is 0 Å². The van der Waals surface area contributed by atoms with Crippen LogP contribution in [0, 0.1) is 0 Å². The summed E-state index contributed by atoms with van der Waals surface area (Å²) in [6, 6.07) is 3.43. The monoisotopic (exact) mass is 435 g/mol. The van der Waals surface area contributed by atoms with Crippen LogP contribution in [-0.2, 0) is 19.9 Å². The SMILES string of the molecule is NC(=O)CNC(=O)c1ccc(NC(=O)N2CC[C@@H]3[C@H]2C(=O)N3S(=O)(=O)O)cc1.[NaH]. The first-order valence-electron chi connectivity index (χ1n) is 8.14. The standard InChI is InChI=1S/C15H17N5O7S.Na.H/c16-11(21)7-17-13(22)8-1-3-9(4-2-8)18-15(24)19-6-5-10-12(19)14(23)20(10)28(25,26)27;;/h1-4,10,12H,5-7H2,(H2,16,21)(H,17,22)(H,18,24)(H,25,26,27);;/t10-,12+;;/m1../s1. The fraction of sp³-hybridized carbons (Fsp3) is 0.333. The van der Waals surface area contributed by atoms with Gasteiger partial charge in [-0.05, 0) is 30.7 Å². The van der Waals surface area contributed by atoms with Gasteiger partial charge in [-0.2, -0.15) is 8.42 Å². The Balaban J connectivity index is 0.00000300. The molecule has 0 unspecified atom stereocenters. The zero-order chi connectivity index (χ0) is 20.6. The van der Waals surface area contributed by atoms with Gasteiger partial charge < -0.3 is 21.3 Å². The number of primary amides is 1. The number of nitrogens with two attached hydrogens (primary N) is 1. The minimum atomic E-state index is -4.64. The number of carbonyl (C=O) groups excluding carboxylic acids is 4. The van der Waals surface area contributed by atoms with Crippen LogP contribution in [0.1, 0.15) is 16.8 Å². The van der Waals surface area contributed by atoms with Crippen molar-refractivity contribution in [2.24, 2.45) is 5.73 Å². The van der Waals surface area contributed by atoms with E-state index in [-0.39, 0.29) is 54.6 Å². The molecule has 0 bridgehead atoms. The number of likely N-dealkylation sites (tertiary alicyclic amines) is 1. The average molecular weight is 435 g/mol. The number of hydrogen-bond acceptors (Lipinski definition) is 6. The first kappa shape index (κ1) is 23.1. The van der Waals surface area contributed by atoms with Gasteiger partial charge in [-0.15, -0.1) is 0 Å². The average Bonchev–Trinajstić information content (AvgIpc) is 2.97. The second-order valence-electron chi connectivity index (χ2n) is 6.26. The van der Waals surface area contributed by atoms with E-state index < -0.39 is 46.1 Å². The van der Waals surface area contributed by atoms with Gasteiger partial charge in [0.15, 0.2) is 0 Å². The molecular formula is C15H18N5NaO7S. The molecule has 0 aromatic heterocycles. The predicted molar refractivity (Wildman–Crippen MR) is 101 cm³/mol. The number of hydrogen-bond donors (Lipinski definition) is 4. The van der Waals surface area contributed by atoms with Crippen LogP contribution in [0.5, 0.6) is 0 Å². The molecule has 0 spiro atoms. The fourth-order valence-electron chi connectivity index (χ4n) is 3.21. The second-order valence-corrected chi connectivity index (χ2v) is 7.55. The summed E-state index contributed by atoms with van der Waals surface area (Å²) < 4.78 is 31.8. The number of benzene rings is 1. The first-order valence-corrected chi connectivity index (χ1v) is 9.54. The Labute approximate surface area is 187 Å². The van der Waals surface area contributed by atoms with Gasteiger partial charge in [-0.1, -0.05) is 0 Å². The predicted octanol–water partition coefficient (Wildman–Crippen LogP) is -2.13. The Morgan fingerprint density at radius 3 is 2.38 bits per heavy atom. The molecule has 2 saturated heterocycles. The van der Waals surface area contributed by atoms with Crippen LogP contribution in [0.25, 0.3) is 0 Å². The number of rotatable bonds is 5. The zero-order valence-electron chi connectivity index (χ0n) is 14.4. The third-order valence-electron chi connectivity index (χ3n) is 4.47. The van der Waals surface area contributed by atoms with Crippen LogP contribution in [0.3, 0.4) is 0 Å². The van der Waals surface area contributed by atoms with E-state index >= 15 is 0 Å². The molecule has 5 N–H and O–H groups in total. The molecule has 0 saturated carbocycles. The number of anilines is 1. The van der Waals surface area contributed by atoms with Gasteiger partial charge in [-0.25, -0.2) is 9.10 Å². The van der Waals surface area contributed by atoms with E-state index in [1.54, 1.807) is 0 Å². The molecule has 2 aliphatic heterocycles. The van der Waals surface area contributed by atoms with Gasteiger partial charge in [0.05, 0.1) is 12.6 Å². The third-order valence-corrected chi connectivity index (χ3v) is 5.42. The van der Waals surface area contributed by atoms with E-state index in [9.17, 15) is 27.6 Å². The number of carbonyl (C=O) groups is 4. The maximum atomic E-state index is 12.4. The van der Waals surface area contributed by atoms with Gasteiger partial charge in [0.2, 0.25) is 5.91 Å². The molecule has 12 nitrogen and oxygen atoms in total. The topological polar surface area (TPSA) is 179 Å². The van der Waals surface area contributed by atoms with Crippen LogP contribution in [0.15, 0.2) is 24.3 Å². The summed E-state index contributed by atoms with van der Waals surface area (Å²) in [6.45, 7) is -0.157. The Morgan fingerprint density at radius 1 is 1.21 bits per heavy atom. The molecule has 5 amide bonds. The van der Waals surface area contributed by atoms with Crippen molar-refractivity contribution in [2.75, 3.05) is 18.4 Å².